The van der Waals surface area contributed by atoms with Crippen LogP contribution in [-0.2, 0) is 14.8 Å². The number of ether oxygens (including phenoxy) is 2. The van der Waals surface area contributed by atoms with E-state index in [1.807, 2.05) is 7.05 Å². The van der Waals surface area contributed by atoms with Crippen LogP contribution in [0.25, 0.3) is 0 Å². The quantitative estimate of drug-likeness (QED) is 0.723. The molecule has 2 N–H and O–H groups in total. The molecule has 158 valence electrons. The Morgan fingerprint density at radius 2 is 1.93 bits per heavy atom. The maximum absolute atomic E-state index is 12.7. The minimum atomic E-state index is -3.86. The lowest BCUT2D eigenvalue weighted by Crippen LogP contribution is -2.53. The third-order valence-electron chi connectivity index (χ3n) is 4.87. The molecular formula is C18H28ClN3O5S. The summed E-state index contributed by atoms with van der Waals surface area (Å²) in [7, 11) is -1.99. The van der Waals surface area contributed by atoms with Crippen LogP contribution in [0.2, 0.25) is 0 Å². The van der Waals surface area contributed by atoms with Crippen LogP contribution in [0.1, 0.15) is 26.2 Å². The molecule has 10 heteroatoms. The van der Waals surface area contributed by atoms with E-state index in [2.05, 4.69) is 10.0 Å². The van der Waals surface area contributed by atoms with Crippen LogP contribution in [-0.4, -0.2) is 64.7 Å². The van der Waals surface area contributed by atoms with Gasteiger partial charge in [-0.3, -0.25) is 4.79 Å². The summed E-state index contributed by atoms with van der Waals surface area (Å²) < 4.78 is 39.0. The Morgan fingerprint density at radius 3 is 2.64 bits per heavy atom. The molecule has 1 aromatic carbocycles. The number of fused-ring (bicyclic) bond motifs is 1. The van der Waals surface area contributed by atoms with Crippen LogP contribution in [0.15, 0.2) is 23.1 Å². The largest absolute Gasteiger partial charge is 0.490 e. The smallest absolute Gasteiger partial charge is 0.241 e. The predicted molar refractivity (Wildman–Crippen MR) is 108 cm³/mol. The van der Waals surface area contributed by atoms with E-state index >= 15 is 0 Å². The SMILES string of the molecule is CNC1CCCN(C(=O)C(C)NS(=O)(=O)c2ccc3c(c2)OCCCO3)C1.Cl. The second-order valence-electron chi connectivity index (χ2n) is 6.91. The molecule has 0 spiro atoms. The van der Waals surface area contributed by atoms with Crippen LogP contribution in [0.4, 0.5) is 0 Å². The van der Waals surface area contributed by atoms with Crippen molar-refractivity contribution in [1.82, 2.24) is 14.9 Å². The molecule has 2 heterocycles. The first kappa shape index (κ1) is 22.7. The van der Waals surface area contributed by atoms with Crippen molar-refractivity contribution < 1.29 is 22.7 Å². The summed E-state index contributed by atoms with van der Waals surface area (Å²) in [6.07, 6.45) is 2.65. The van der Waals surface area contributed by atoms with Crippen molar-refractivity contribution in [3.05, 3.63) is 18.2 Å². The van der Waals surface area contributed by atoms with E-state index in [-0.39, 0.29) is 29.3 Å². The minimum absolute atomic E-state index is 0. The van der Waals surface area contributed by atoms with Gasteiger partial charge in [0.25, 0.3) is 0 Å². The highest BCUT2D eigenvalue weighted by Crippen LogP contribution is 2.31. The van der Waals surface area contributed by atoms with E-state index in [9.17, 15) is 13.2 Å². The number of nitrogens with zero attached hydrogens (tertiary/aromatic N) is 1. The number of hydrogen-bond acceptors (Lipinski definition) is 6. The van der Waals surface area contributed by atoms with Crippen LogP contribution >= 0.6 is 12.4 Å². The third-order valence-corrected chi connectivity index (χ3v) is 6.41. The van der Waals surface area contributed by atoms with Gasteiger partial charge >= 0.3 is 0 Å². The van der Waals surface area contributed by atoms with Gasteiger partial charge in [0, 0.05) is 31.6 Å². The van der Waals surface area contributed by atoms with E-state index < -0.39 is 16.1 Å². The van der Waals surface area contributed by atoms with Crippen LogP contribution < -0.4 is 19.5 Å². The molecule has 1 saturated heterocycles. The van der Waals surface area contributed by atoms with Gasteiger partial charge in [0.2, 0.25) is 15.9 Å². The number of hydrogen-bond donors (Lipinski definition) is 2. The number of amides is 1. The van der Waals surface area contributed by atoms with E-state index in [1.165, 1.54) is 12.1 Å². The van der Waals surface area contributed by atoms with Gasteiger partial charge < -0.3 is 19.7 Å². The number of carbonyl (C=O) groups excluding carboxylic acids is 1. The van der Waals surface area contributed by atoms with Gasteiger partial charge in [0.1, 0.15) is 0 Å². The number of piperidine rings is 1. The second kappa shape index (κ2) is 9.78. The Balaban J connectivity index is 0.00000280. The van der Waals surface area contributed by atoms with E-state index in [0.29, 0.717) is 37.8 Å². The summed E-state index contributed by atoms with van der Waals surface area (Å²) in [6, 6.07) is 3.89. The standard InChI is InChI=1S/C18H27N3O5S.ClH/c1-13(18(22)21-8-3-5-14(12-21)19-2)20-27(23,24)15-6-7-16-17(11-15)26-10-4-9-25-16;/h6-7,11,13-14,19-20H,3-5,8-10,12H2,1-2H3;1H. The lowest BCUT2D eigenvalue weighted by atomic mass is 10.1. The zero-order valence-electron chi connectivity index (χ0n) is 16.1. The molecular weight excluding hydrogens is 406 g/mol. The molecule has 0 aliphatic carbocycles. The Morgan fingerprint density at radius 1 is 1.21 bits per heavy atom. The fourth-order valence-electron chi connectivity index (χ4n) is 3.35. The number of likely N-dealkylation sites (N-methyl/N-ethyl adjacent to an activating group) is 1. The predicted octanol–water partition coefficient (Wildman–Crippen LogP) is 1.15. The number of nitrogens with one attached hydrogen (secondary N) is 2. The van der Waals surface area contributed by atoms with Crippen molar-refractivity contribution in [3.63, 3.8) is 0 Å². The first-order valence-corrected chi connectivity index (χ1v) is 10.8. The van der Waals surface area contributed by atoms with Crippen molar-refractivity contribution >= 4 is 28.3 Å². The van der Waals surface area contributed by atoms with Crippen LogP contribution in [0, 0.1) is 0 Å². The summed E-state index contributed by atoms with van der Waals surface area (Å²) in [6.45, 7) is 3.82. The molecule has 2 atom stereocenters. The minimum Gasteiger partial charge on any atom is -0.490 e. The molecule has 1 fully saturated rings. The Labute approximate surface area is 172 Å². The van der Waals surface area contributed by atoms with Gasteiger partial charge in [-0.2, -0.15) is 4.72 Å². The highest BCUT2D eigenvalue weighted by molar-refractivity contribution is 7.89. The Hall–Kier alpha value is -1.55. The van der Waals surface area contributed by atoms with Gasteiger partial charge in [-0.15, -0.1) is 12.4 Å². The van der Waals surface area contributed by atoms with Crippen molar-refractivity contribution in [2.45, 2.75) is 43.2 Å². The maximum atomic E-state index is 12.7. The monoisotopic (exact) mass is 433 g/mol. The topological polar surface area (TPSA) is 97.0 Å². The molecule has 8 nitrogen and oxygen atoms in total. The molecule has 0 radical (unpaired) electrons. The molecule has 0 saturated carbocycles. The molecule has 1 aromatic rings. The number of halogens is 1. The lowest BCUT2D eigenvalue weighted by Gasteiger charge is -2.34. The summed E-state index contributed by atoms with van der Waals surface area (Å²) in [5.41, 5.74) is 0. The fourth-order valence-corrected chi connectivity index (χ4v) is 4.56. The first-order valence-electron chi connectivity index (χ1n) is 9.29. The number of rotatable bonds is 5. The average Bonchev–Trinajstić information content (AvgIpc) is 2.91. The number of sulfonamides is 1. The summed E-state index contributed by atoms with van der Waals surface area (Å²) in [4.78, 5) is 14.4. The maximum Gasteiger partial charge on any atom is 0.241 e. The molecule has 3 rings (SSSR count). The normalized spacial score (nSPS) is 20.6. The second-order valence-corrected chi connectivity index (χ2v) is 8.63. The van der Waals surface area contributed by atoms with Crippen LogP contribution in [0.5, 0.6) is 11.5 Å². The van der Waals surface area contributed by atoms with E-state index in [1.54, 1.807) is 17.9 Å². The van der Waals surface area contributed by atoms with Gasteiger partial charge in [-0.1, -0.05) is 0 Å². The molecule has 2 aliphatic rings. The highest BCUT2D eigenvalue weighted by atomic mass is 35.5. The Bertz CT molecular complexity index is 789. The third kappa shape index (κ3) is 5.28. The zero-order chi connectivity index (χ0) is 19.4. The molecule has 2 aliphatic heterocycles. The number of benzene rings is 1. The van der Waals surface area contributed by atoms with Crippen molar-refractivity contribution in [1.29, 1.82) is 0 Å². The Kier molecular flexibility index (Phi) is 7.94. The summed E-state index contributed by atoms with van der Waals surface area (Å²) in [5.74, 6) is 0.720. The number of likely N-dealkylation sites (tertiary alicyclic amines) is 1. The average molecular weight is 434 g/mol. The molecule has 2 unspecified atom stereocenters. The van der Waals surface area contributed by atoms with E-state index in [4.69, 9.17) is 9.47 Å². The number of carbonyl (C=O) groups is 1. The van der Waals surface area contributed by atoms with Gasteiger partial charge in [-0.25, -0.2) is 8.42 Å². The lowest BCUT2D eigenvalue weighted by molar-refractivity contribution is -0.133. The van der Waals surface area contributed by atoms with Gasteiger partial charge in [0.15, 0.2) is 11.5 Å². The fraction of sp³-hybridized carbons (Fsp3) is 0.611. The molecule has 0 aromatic heterocycles. The molecule has 0 bridgehead atoms. The zero-order valence-corrected chi connectivity index (χ0v) is 17.8. The van der Waals surface area contributed by atoms with Crippen molar-refractivity contribution in [2.24, 2.45) is 0 Å². The van der Waals surface area contributed by atoms with Gasteiger partial charge in [-0.05, 0) is 38.9 Å². The van der Waals surface area contributed by atoms with Crippen molar-refractivity contribution in [2.75, 3.05) is 33.4 Å². The first-order chi connectivity index (χ1) is 12.9. The van der Waals surface area contributed by atoms with Crippen LogP contribution in [0.3, 0.4) is 0 Å². The van der Waals surface area contributed by atoms with E-state index in [0.717, 1.165) is 19.3 Å². The molecule has 28 heavy (non-hydrogen) atoms. The molecule has 1 amide bonds. The highest BCUT2D eigenvalue weighted by Gasteiger charge is 2.29. The van der Waals surface area contributed by atoms with Crippen molar-refractivity contribution in [3.8, 4) is 11.5 Å². The summed E-state index contributed by atoms with van der Waals surface area (Å²) in [5, 5.41) is 3.18. The van der Waals surface area contributed by atoms with Gasteiger partial charge in [0.05, 0.1) is 24.2 Å². The summed E-state index contributed by atoms with van der Waals surface area (Å²) >= 11 is 0.